The second-order valence-corrected chi connectivity index (χ2v) is 10.8. The number of benzene rings is 1. The molecule has 0 spiro atoms. The number of amides is 1. The standard InChI is InChI=1S/C30H41F2N3O2/c1-3-30(31,32)37-26-17-15-24(16-18-26)28-25(14-10-13-23-11-6-4-7-12-23)21-22(2)27(33-28)29(36)34-35-19-8-5-9-20-35/h3,15-18,23,25H,1,4-14,19-21H2,2H3,(H,34,36). The first kappa shape index (κ1) is 27.5. The van der Waals surface area contributed by atoms with E-state index >= 15 is 0 Å². The summed E-state index contributed by atoms with van der Waals surface area (Å²) in [6, 6.07) is 6.60. The molecular weight excluding hydrogens is 472 g/mol. The lowest BCUT2D eigenvalue weighted by Gasteiger charge is -2.30. The highest BCUT2D eigenvalue weighted by Gasteiger charge is 2.29. The molecule has 2 heterocycles. The van der Waals surface area contributed by atoms with Crippen molar-refractivity contribution in [2.45, 2.75) is 90.1 Å². The van der Waals surface area contributed by atoms with Crippen molar-refractivity contribution >= 4 is 11.6 Å². The Morgan fingerprint density at radius 1 is 1.11 bits per heavy atom. The van der Waals surface area contributed by atoms with Gasteiger partial charge in [0.1, 0.15) is 11.4 Å². The molecule has 0 bridgehead atoms. The number of carbonyl (C=O) groups excluding carboxylic acids is 1. The lowest BCUT2D eigenvalue weighted by molar-refractivity contribution is -0.131. The monoisotopic (exact) mass is 513 g/mol. The van der Waals surface area contributed by atoms with Crippen molar-refractivity contribution in [3.63, 3.8) is 0 Å². The largest absolute Gasteiger partial charge is 0.429 e. The lowest BCUT2D eigenvalue weighted by atomic mass is 9.81. The van der Waals surface area contributed by atoms with Gasteiger partial charge in [-0.05, 0) is 73.9 Å². The molecule has 0 radical (unpaired) electrons. The molecule has 1 amide bonds. The Morgan fingerprint density at radius 3 is 2.46 bits per heavy atom. The van der Waals surface area contributed by atoms with Gasteiger partial charge in [-0.15, -0.1) is 0 Å². The molecule has 1 saturated carbocycles. The number of ether oxygens (including phenoxy) is 1. The molecule has 4 rings (SSSR count). The minimum atomic E-state index is -3.43. The normalized spacial score (nSPS) is 21.9. The van der Waals surface area contributed by atoms with Gasteiger partial charge in [0.2, 0.25) is 0 Å². The van der Waals surface area contributed by atoms with Crippen LogP contribution in [0.15, 0.2) is 53.2 Å². The zero-order valence-corrected chi connectivity index (χ0v) is 22.1. The third kappa shape index (κ3) is 7.73. The Labute approximate surface area is 220 Å². The highest BCUT2D eigenvalue weighted by Crippen LogP contribution is 2.34. The quantitative estimate of drug-likeness (QED) is 0.337. The summed E-state index contributed by atoms with van der Waals surface area (Å²) in [7, 11) is 0. The molecule has 1 saturated heterocycles. The fraction of sp³-hybridized carbons (Fsp3) is 0.600. The number of hydrogen-bond donors (Lipinski definition) is 1. The second kappa shape index (κ2) is 12.8. The van der Waals surface area contributed by atoms with Crippen molar-refractivity contribution in [2.24, 2.45) is 16.8 Å². The minimum Gasteiger partial charge on any atom is -0.429 e. The van der Waals surface area contributed by atoms with Crippen LogP contribution in [0.3, 0.4) is 0 Å². The van der Waals surface area contributed by atoms with Crippen molar-refractivity contribution in [2.75, 3.05) is 13.1 Å². The number of rotatable bonds is 10. The molecule has 5 nitrogen and oxygen atoms in total. The Morgan fingerprint density at radius 2 is 1.78 bits per heavy atom. The van der Waals surface area contributed by atoms with Crippen LogP contribution in [0, 0.1) is 11.8 Å². The first-order chi connectivity index (χ1) is 17.8. The van der Waals surface area contributed by atoms with Crippen LogP contribution in [0.4, 0.5) is 8.78 Å². The summed E-state index contributed by atoms with van der Waals surface area (Å²) in [6.45, 7) is 6.85. The second-order valence-electron chi connectivity index (χ2n) is 10.8. The zero-order valence-electron chi connectivity index (χ0n) is 22.1. The number of aliphatic imine (C=N–C) groups is 1. The molecule has 2 aliphatic heterocycles. The third-order valence-electron chi connectivity index (χ3n) is 7.94. The summed E-state index contributed by atoms with van der Waals surface area (Å²) in [5.74, 6) is 0.913. The fourth-order valence-electron chi connectivity index (χ4n) is 5.88. The first-order valence-electron chi connectivity index (χ1n) is 14.0. The van der Waals surface area contributed by atoms with E-state index in [9.17, 15) is 13.6 Å². The number of allylic oxidation sites excluding steroid dienone is 1. The summed E-state index contributed by atoms with van der Waals surface area (Å²) in [6.07, 6.45) is 11.3. The molecular formula is C30H41F2N3O2. The minimum absolute atomic E-state index is 0.0636. The number of carbonyl (C=O) groups is 1. The summed E-state index contributed by atoms with van der Waals surface area (Å²) >= 11 is 0. The SMILES string of the molecule is C=CC(F)(F)Oc1ccc(C2=NC(C(=O)NN3CCCCC3)=C(C)CC2CCCC2CCCCC2)cc1. The Balaban J connectivity index is 1.51. The Kier molecular flexibility index (Phi) is 9.52. The maximum atomic E-state index is 13.6. The maximum absolute atomic E-state index is 13.6. The van der Waals surface area contributed by atoms with Gasteiger partial charge in [0.25, 0.3) is 5.91 Å². The van der Waals surface area contributed by atoms with Gasteiger partial charge < -0.3 is 4.74 Å². The molecule has 7 heteroatoms. The topological polar surface area (TPSA) is 53.9 Å². The van der Waals surface area contributed by atoms with E-state index in [0.717, 1.165) is 68.0 Å². The molecule has 1 atom stereocenters. The van der Waals surface area contributed by atoms with Crippen LogP contribution in [0.2, 0.25) is 0 Å². The van der Waals surface area contributed by atoms with Gasteiger partial charge in [-0.3, -0.25) is 10.2 Å². The van der Waals surface area contributed by atoms with Crippen LogP contribution in [0.25, 0.3) is 0 Å². The Bertz CT molecular complexity index is 991. The zero-order chi connectivity index (χ0) is 26.3. The van der Waals surface area contributed by atoms with E-state index in [4.69, 9.17) is 9.73 Å². The molecule has 1 unspecified atom stereocenters. The number of hydrazine groups is 1. The summed E-state index contributed by atoms with van der Waals surface area (Å²) < 4.78 is 32.0. The summed E-state index contributed by atoms with van der Waals surface area (Å²) in [5.41, 5.74) is 6.23. The maximum Gasteiger partial charge on any atom is 0.419 e. The van der Waals surface area contributed by atoms with Crippen LogP contribution in [-0.2, 0) is 4.79 Å². The summed E-state index contributed by atoms with van der Waals surface area (Å²) in [5, 5.41) is 1.99. The highest BCUT2D eigenvalue weighted by molar-refractivity contribution is 6.07. The van der Waals surface area contributed by atoms with E-state index in [1.165, 1.54) is 57.1 Å². The molecule has 1 aromatic rings. The van der Waals surface area contributed by atoms with E-state index in [2.05, 4.69) is 12.0 Å². The predicted octanol–water partition coefficient (Wildman–Crippen LogP) is 7.19. The summed E-state index contributed by atoms with van der Waals surface area (Å²) in [4.78, 5) is 18.1. The van der Waals surface area contributed by atoms with Gasteiger partial charge in [0, 0.05) is 25.1 Å². The average Bonchev–Trinajstić information content (AvgIpc) is 2.90. The van der Waals surface area contributed by atoms with Crippen molar-refractivity contribution in [3.05, 3.63) is 53.8 Å². The third-order valence-corrected chi connectivity index (χ3v) is 7.94. The molecule has 3 aliphatic rings. The molecule has 1 N–H and O–H groups in total. The van der Waals surface area contributed by atoms with Gasteiger partial charge in [-0.1, -0.05) is 57.9 Å². The van der Waals surface area contributed by atoms with Crippen LogP contribution in [-0.4, -0.2) is 35.8 Å². The number of nitrogens with one attached hydrogen (secondary N) is 1. The van der Waals surface area contributed by atoms with Crippen LogP contribution < -0.4 is 10.2 Å². The van der Waals surface area contributed by atoms with Crippen LogP contribution in [0.5, 0.6) is 5.75 Å². The number of hydrogen-bond acceptors (Lipinski definition) is 4. The van der Waals surface area contributed by atoms with E-state index in [-0.39, 0.29) is 17.6 Å². The van der Waals surface area contributed by atoms with Gasteiger partial charge in [0.15, 0.2) is 0 Å². The first-order valence-corrected chi connectivity index (χ1v) is 14.0. The Hall–Kier alpha value is -2.54. The van der Waals surface area contributed by atoms with E-state index in [0.29, 0.717) is 11.8 Å². The number of halogens is 2. The molecule has 2 fully saturated rings. The van der Waals surface area contributed by atoms with Crippen molar-refractivity contribution in [1.82, 2.24) is 10.4 Å². The van der Waals surface area contributed by atoms with Gasteiger partial charge >= 0.3 is 6.11 Å². The van der Waals surface area contributed by atoms with Gasteiger partial charge in [-0.25, -0.2) is 10.0 Å². The number of piperidine rings is 1. The number of nitrogens with zero attached hydrogens (tertiary/aromatic N) is 2. The smallest absolute Gasteiger partial charge is 0.419 e. The molecule has 1 aromatic carbocycles. The van der Waals surface area contributed by atoms with Crippen molar-refractivity contribution < 1.29 is 18.3 Å². The average molecular weight is 514 g/mol. The van der Waals surface area contributed by atoms with Gasteiger partial charge in [-0.2, -0.15) is 8.78 Å². The van der Waals surface area contributed by atoms with Crippen LogP contribution in [0.1, 0.15) is 89.5 Å². The fourth-order valence-corrected chi connectivity index (χ4v) is 5.88. The number of alkyl halides is 2. The van der Waals surface area contributed by atoms with Crippen LogP contribution >= 0.6 is 0 Å². The predicted molar refractivity (Wildman–Crippen MR) is 144 cm³/mol. The lowest BCUT2D eigenvalue weighted by Crippen LogP contribution is -2.46. The highest BCUT2D eigenvalue weighted by atomic mass is 19.3. The van der Waals surface area contributed by atoms with E-state index < -0.39 is 6.11 Å². The van der Waals surface area contributed by atoms with Gasteiger partial charge in [0.05, 0.1) is 5.71 Å². The molecule has 37 heavy (non-hydrogen) atoms. The van der Waals surface area contributed by atoms with E-state index in [1.54, 1.807) is 12.1 Å². The van der Waals surface area contributed by atoms with Crippen molar-refractivity contribution in [1.29, 1.82) is 0 Å². The van der Waals surface area contributed by atoms with Crippen molar-refractivity contribution in [3.8, 4) is 5.75 Å². The molecule has 1 aliphatic carbocycles. The molecule has 202 valence electrons. The van der Waals surface area contributed by atoms with E-state index in [1.807, 2.05) is 11.9 Å². The molecule has 0 aromatic heterocycles.